The Bertz CT molecular complexity index is 889. The van der Waals surface area contributed by atoms with Gasteiger partial charge in [0.25, 0.3) is 0 Å². The molecule has 3 nitrogen and oxygen atoms in total. The van der Waals surface area contributed by atoms with Crippen LogP contribution in [0, 0.1) is 5.82 Å². The van der Waals surface area contributed by atoms with Crippen molar-refractivity contribution in [1.29, 1.82) is 0 Å². The second-order valence-electron chi connectivity index (χ2n) is 6.39. The molecule has 26 heavy (non-hydrogen) atoms. The maximum atomic E-state index is 13.4. The number of carbonyl (C=O) groups excluding carboxylic acids is 1. The number of benzene rings is 2. The topological polar surface area (TPSA) is 42.0 Å². The van der Waals surface area contributed by atoms with Gasteiger partial charge < -0.3 is 5.32 Å². The molecule has 1 unspecified atom stereocenters. The molecule has 1 atom stereocenters. The lowest BCUT2D eigenvalue weighted by molar-refractivity contribution is -0.119. The first kappa shape index (κ1) is 18.3. The fourth-order valence-corrected chi connectivity index (χ4v) is 3.63. The number of hydrogen-bond acceptors (Lipinski definition) is 3. The summed E-state index contributed by atoms with van der Waals surface area (Å²) in [5.41, 5.74) is 3.96. The number of halogens is 1. The van der Waals surface area contributed by atoms with Crippen LogP contribution in [0.5, 0.6) is 0 Å². The van der Waals surface area contributed by atoms with E-state index in [1.54, 1.807) is 6.07 Å². The second-order valence-corrected chi connectivity index (χ2v) is 7.24. The summed E-state index contributed by atoms with van der Waals surface area (Å²) < 4.78 is 13.4. The highest BCUT2D eigenvalue weighted by atomic mass is 32.1. The van der Waals surface area contributed by atoms with E-state index in [0.717, 1.165) is 34.7 Å². The molecule has 0 saturated heterocycles. The van der Waals surface area contributed by atoms with Crippen molar-refractivity contribution < 1.29 is 9.18 Å². The first-order chi connectivity index (χ1) is 12.5. The van der Waals surface area contributed by atoms with E-state index in [4.69, 9.17) is 0 Å². The van der Waals surface area contributed by atoms with E-state index in [1.165, 1.54) is 36.0 Å². The molecule has 1 amide bonds. The zero-order valence-electron chi connectivity index (χ0n) is 14.8. The lowest BCUT2D eigenvalue weighted by Crippen LogP contribution is -2.30. The molecular formula is C21H21FN2OS. The van der Waals surface area contributed by atoms with Crippen molar-refractivity contribution in [1.82, 2.24) is 10.3 Å². The molecule has 1 aromatic heterocycles. The molecule has 0 spiro atoms. The van der Waals surface area contributed by atoms with Crippen LogP contribution in [-0.4, -0.2) is 16.9 Å². The molecule has 3 rings (SSSR count). The highest BCUT2D eigenvalue weighted by Gasteiger charge is 2.08. The maximum Gasteiger partial charge on any atom is 0.217 e. The van der Waals surface area contributed by atoms with Gasteiger partial charge in [-0.15, -0.1) is 11.3 Å². The van der Waals surface area contributed by atoms with Gasteiger partial charge in [0, 0.05) is 29.5 Å². The number of hydrogen-bond donors (Lipinski definition) is 1. The van der Waals surface area contributed by atoms with Crippen LogP contribution in [0.1, 0.15) is 25.8 Å². The summed E-state index contributed by atoms with van der Waals surface area (Å²) in [4.78, 5) is 15.7. The average molecular weight is 368 g/mol. The third-order valence-electron chi connectivity index (χ3n) is 4.14. The molecule has 1 heterocycles. The van der Waals surface area contributed by atoms with Gasteiger partial charge in [-0.1, -0.05) is 36.4 Å². The summed E-state index contributed by atoms with van der Waals surface area (Å²) in [6.07, 6.45) is 1.81. The summed E-state index contributed by atoms with van der Waals surface area (Å²) >= 11 is 1.51. The van der Waals surface area contributed by atoms with Crippen LogP contribution >= 0.6 is 11.3 Å². The molecule has 0 aliphatic rings. The van der Waals surface area contributed by atoms with Gasteiger partial charge in [-0.25, -0.2) is 9.37 Å². The minimum absolute atomic E-state index is 0.00508. The number of aromatic nitrogens is 1. The lowest BCUT2D eigenvalue weighted by Gasteiger charge is -2.12. The van der Waals surface area contributed by atoms with Crippen molar-refractivity contribution in [3.8, 4) is 21.8 Å². The number of rotatable bonds is 6. The van der Waals surface area contributed by atoms with E-state index in [9.17, 15) is 9.18 Å². The van der Waals surface area contributed by atoms with E-state index in [-0.39, 0.29) is 17.8 Å². The molecule has 3 aromatic rings. The quantitative estimate of drug-likeness (QED) is 0.660. The van der Waals surface area contributed by atoms with Gasteiger partial charge in [0.05, 0.1) is 5.69 Å². The zero-order chi connectivity index (χ0) is 18.5. The number of thiazole rings is 1. The first-order valence-corrected chi connectivity index (χ1v) is 9.47. The third kappa shape index (κ3) is 4.76. The van der Waals surface area contributed by atoms with E-state index < -0.39 is 0 Å². The number of carbonyl (C=O) groups is 1. The largest absolute Gasteiger partial charge is 0.354 e. The Labute approximate surface area is 156 Å². The molecule has 134 valence electrons. The fourth-order valence-electron chi connectivity index (χ4n) is 2.80. The number of amides is 1. The summed E-state index contributed by atoms with van der Waals surface area (Å²) in [6.45, 7) is 3.55. The van der Waals surface area contributed by atoms with Crippen LogP contribution < -0.4 is 5.32 Å². The van der Waals surface area contributed by atoms with Crippen LogP contribution in [-0.2, 0) is 11.2 Å². The molecule has 5 heteroatoms. The maximum absolute atomic E-state index is 13.4. The molecule has 1 N–H and O–H groups in total. The monoisotopic (exact) mass is 368 g/mol. The second kappa shape index (κ2) is 8.23. The SMILES string of the molecule is CC(=O)NC(C)CCc1ccc(-c2csc(-c3cccc(F)c3)n2)cc1. The zero-order valence-corrected chi connectivity index (χ0v) is 15.6. The minimum Gasteiger partial charge on any atom is -0.354 e. The van der Waals surface area contributed by atoms with Crippen LogP contribution in [0.15, 0.2) is 53.9 Å². The minimum atomic E-state index is -0.253. The first-order valence-electron chi connectivity index (χ1n) is 8.59. The Balaban J connectivity index is 1.66. The highest BCUT2D eigenvalue weighted by molar-refractivity contribution is 7.13. The smallest absolute Gasteiger partial charge is 0.217 e. The molecule has 0 aliphatic heterocycles. The van der Waals surface area contributed by atoms with Gasteiger partial charge in [-0.05, 0) is 37.5 Å². The standard InChI is InChI=1S/C21H21FN2OS/c1-14(23-15(2)25)6-7-16-8-10-17(11-9-16)20-13-26-21(24-20)18-4-3-5-19(22)12-18/h3-5,8-14H,6-7H2,1-2H3,(H,23,25). The molecule has 0 bridgehead atoms. The number of nitrogens with one attached hydrogen (secondary N) is 1. The van der Waals surface area contributed by atoms with Crippen molar-refractivity contribution in [3.63, 3.8) is 0 Å². The van der Waals surface area contributed by atoms with Gasteiger partial charge in [0.1, 0.15) is 10.8 Å². The number of aryl methyl sites for hydroxylation is 1. The molecule has 0 aliphatic carbocycles. The van der Waals surface area contributed by atoms with Crippen molar-refractivity contribution in [3.05, 3.63) is 65.3 Å². The van der Waals surface area contributed by atoms with E-state index in [2.05, 4.69) is 34.6 Å². The van der Waals surface area contributed by atoms with Gasteiger partial charge in [0.15, 0.2) is 0 Å². The lowest BCUT2D eigenvalue weighted by atomic mass is 10.0. The Kier molecular flexibility index (Phi) is 5.78. The predicted molar refractivity (Wildman–Crippen MR) is 105 cm³/mol. The normalized spacial score (nSPS) is 12.0. The van der Waals surface area contributed by atoms with Crippen LogP contribution in [0.4, 0.5) is 4.39 Å². The van der Waals surface area contributed by atoms with Crippen molar-refractivity contribution in [2.45, 2.75) is 32.7 Å². The van der Waals surface area contributed by atoms with Gasteiger partial charge in [-0.3, -0.25) is 4.79 Å². The molecule has 0 fully saturated rings. The third-order valence-corrected chi connectivity index (χ3v) is 5.03. The average Bonchev–Trinajstić information content (AvgIpc) is 3.10. The van der Waals surface area contributed by atoms with Crippen molar-refractivity contribution in [2.75, 3.05) is 0 Å². The van der Waals surface area contributed by atoms with E-state index >= 15 is 0 Å². The van der Waals surface area contributed by atoms with Gasteiger partial charge >= 0.3 is 0 Å². The molecule has 0 radical (unpaired) electrons. The number of nitrogens with zero attached hydrogens (tertiary/aromatic N) is 1. The van der Waals surface area contributed by atoms with Gasteiger partial charge in [0.2, 0.25) is 5.91 Å². The molecule has 0 saturated carbocycles. The van der Waals surface area contributed by atoms with Crippen LogP contribution in [0.2, 0.25) is 0 Å². The Morgan fingerprint density at radius 1 is 1.19 bits per heavy atom. The van der Waals surface area contributed by atoms with Crippen LogP contribution in [0.25, 0.3) is 21.8 Å². The van der Waals surface area contributed by atoms with E-state index in [0.29, 0.717) is 0 Å². The Hall–Kier alpha value is -2.53. The summed E-state index contributed by atoms with van der Waals surface area (Å²) in [5.74, 6) is -0.248. The molecular weight excluding hydrogens is 347 g/mol. The summed E-state index contributed by atoms with van der Waals surface area (Å²) in [6, 6.07) is 15.0. The Morgan fingerprint density at radius 3 is 2.65 bits per heavy atom. The van der Waals surface area contributed by atoms with Crippen molar-refractivity contribution >= 4 is 17.2 Å². The summed E-state index contributed by atoms with van der Waals surface area (Å²) in [7, 11) is 0. The van der Waals surface area contributed by atoms with Crippen LogP contribution in [0.3, 0.4) is 0 Å². The highest BCUT2D eigenvalue weighted by Crippen LogP contribution is 2.29. The molecule has 2 aromatic carbocycles. The summed E-state index contributed by atoms with van der Waals surface area (Å²) in [5, 5.41) is 5.71. The van der Waals surface area contributed by atoms with E-state index in [1.807, 2.05) is 18.4 Å². The Morgan fingerprint density at radius 2 is 1.96 bits per heavy atom. The fraction of sp³-hybridized carbons (Fsp3) is 0.238. The van der Waals surface area contributed by atoms with Crippen molar-refractivity contribution in [2.24, 2.45) is 0 Å². The predicted octanol–water partition coefficient (Wildman–Crippen LogP) is 5.07. The van der Waals surface area contributed by atoms with Gasteiger partial charge in [-0.2, -0.15) is 0 Å².